The van der Waals surface area contributed by atoms with Crippen LogP contribution in [0.25, 0.3) is 0 Å². The van der Waals surface area contributed by atoms with Crippen molar-refractivity contribution in [3.05, 3.63) is 22.8 Å². The summed E-state index contributed by atoms with van der Waals surface area (Å²) >= 11 is 1.03. The van der Waals surface area contributed by atoms with Crippen molar-refractivity contribution < 1.29 is 36.7 Å². The van der Waals surface area contributed by atoms with Crippen molar-refractivity contribution in [2.45, 2.75) is 19.0 Å². The van der Waals surface area contributed by atoms with Crippen LogP contribution in [0.3, 0.4) is 0 Å². The van der Waals surface area contributed by atoms with Gasteiger partial charge in [0.25, 0.3) is 11.8 Å². The zero-order valence-electron chi connectivity index (χ0n) is 16.8. The summed E-state index contributed by atoms with van der Waals surface area (Å²) in [5.41, 5.74) is 10.7. The van der Waals surface area contributed by atoms with Gasteiger partial charge in [0.2, 0.25) is 0 Å². The minimum Gasteiger partial charge on any atom is -0.460 e. The van der Waals surface area contributed by atoms with Crippen LogP contribution in [0, 0.1) is 5.41 Å². The molecule has 0 saturated carbocycles. The molecule has 2 amide bonds. The number of oxime groups is 1. The fourth-order valence-electron chi connectivity index (χ4n) is 2.66. The number of anilines is 1. The number of nitrogen functional groups attached to an aromatic ring is 2. The first kappa shape index (κ1) is 23.9. The van der Waals surface area contributed by atoms with Crippen molar-refractivity contribution in [2.24, 2.45) is 10.9 Å². The zero-order chi connectivity index (χ0) is 24.3. The molecule has 0 aromatic carbocycles. The number of amidine groups is 1. The predicted octanol–water partition coefficient (Wildman–Crippen LogP) is -1.68. The number of ether oxygens (including phenoxy) is 1. The molecule has 0 bridgehead atoms. The first-order valence-corrected chi connectivity index (χ1v) is 11.2. The van der Waals surface area contributed by atoms with Crippen LogP contribution < -0.4 is 21.5 Å². The van der Waals surface area contributed by atoms with Crippen molar-refractivity contribution >= 4 is 50.1 Å². The number of aromatic nitrogens is 2. The Morgan fingerprint density at radius 2 is 2.18 bits per heavy atom. The van der Waals surface area contributed by atoms with Crippen molar-refractivity contribution in [2.75, 3.05) is 18.9 Å². The van der Waals surface area contributed by atoms with Gasteiger partial charge in [-0.15, -0.1) is 11.3 Å². The van der Waals surface area contributed by atoms with Crippen LogP contribution in [0.15, 0.2) is 21.1 Å². The molecule has 0 unspecified atom stereocenters. The summed E-state index contributed by atoms with van der Waals surface area (Å²) < 4.78 is 41.7. The van der Waals surface area contributed by atoms with E-state index < -0.39 is 34.2 Å². The Hall–Kier alpha value is -3.77. The Bertz CT molecular complexity index is 1210. The first-order chi connectivity index (χ1) is 15.5. The average molecular weight is 502 g/mol. The van der Waals surface area contributed by atoms with Gasteiger partial charge in [0.1, 0.15) is 24.2 Å². The molecular weight excluding hydrogens is 484 g/mol. The lowest BCUT2D eigenvalue weighted by atomic mass is 10.0. The lowest BCUT2D eigenvalue weighted by Crippen LogP contribution is -2.71. The number of rotatable bonds is 10. The maximum absolute atomic E-state index is 12.7. The number of amides is 2. The second-order valence-corrected chi connectivity index (χ2v) is 8.62. The third kappa shape index (κ3) is 5.35. The molecule has 1 aliphatic heterocycles. The van der Waals surface area contributed by atoms with Crippen molar-refractivity contribution in [1.82, 2.24) is 19.8 Å². The highest BCUT2D eigenvalue weighted by Crippen LogP contribution is 2.23. The van der Waals surface area contributed by atoms with Crippen molar-refractivity contribution in [1.29, 1.82) is 5.41 Å². The third-order valence-corrected chi connectivity index (χ3v) is 5.87. The van der Waals surface area contributed by atoms with E-state index in [9.17, 15) is 18.0 Å². The summed E-state index contributed by atoms with van der Waals surface area (Å²) in [5, 5.41) is 18.4. The lowest BCUT2D eigenvalue weighted by Gasteiger charge is -2.42. The maximum Gasteiger partial charge on any atom is 0.362 e. The number of carbonyl (C=O) groups is 2. The molecule has 1 saturated heterocycles. The summed E-state index contributed by atoms with van der Waals surface area (Å²) in [4.78, 5) is 33.7. The van der Waals surface area contributed by atoms with E-state index in [-0.39, 0.29) is 51.5 Å². The monoisotopic (exact) mass is 502 g/mol. The molecule has 2 aromatic rings. The van der Waals surface area contributed by atoms with E-state index in [1.807, 2.05) is 0 Å². The van der Waals surface area contributed by atoms with Gasteiger partial charge < -0.3 is 30.9 Å². The smallest absolute Gasteiger partial charge is 0.362 e. The molecule has 1 fully saturated rings. The van der Waals surface area contributed by atoms with Gasteiger partial charge in [0.05, 0.1) is 12.1 Å². The van der Waals surface area contributed by atoms with E-state index in [4.69, 9.17) is 35.5 Å². The summed E-state index contributed by atoms with van der Waals surface area (Å²) in [6.07, 6.45) is 0. The zero-order valence-corrected chi connectivity index (χ0v) is 18.4. The fraction of sp³-hybridized carbons (Fsp3) is 0.333. The summed E-state index contributed by atoms with van der Waals surface area (Å²) in [7, 11) is -4.74. The van der Waals surface area contributed by atoms with Gasteiger partial charge in [-0.1, -0.05) is 10.3 Å². The minimum atomic E-state index is -4.74. The van der Waals surface area contributed by atoms with Gasteiger partial charge in [-0.3, -0.25) is 19.6 Å². The van der Waals surface area contributed by atoms with Gasteiger partial charge in [0, 0.05) is 5.38 Å². The van der Waals surface area contributed by atoms with E-state index in [1.54, 1.807) is 0 Å². The highest BCUT2D eigenvalue weighted by atomic mass is 32.2. The van der Waals surface area contributed by atoms with E-state index in [0.717, 1.165) is 11.3 Å². The largest absolute Gasteiger partial charge is 0.460 e. The molecular formula is C15H18N8O8S2. The van der Waals surface area contributed by atoms with Crippen LogP contribution >= 0.6 is 11.3 Å². The van der Waals surface area contributed by atoms with E-state index in [2.05, 4.69) is 20.6 Å². The number of thiazole rings is 1. The van der Waals surface area contributed by atoms with Crippen LogP contribution in [-0.2, 0) is 24.7 Å². The number of β-lactam (4-membered cyclic amide) rings is 1. The third-order valence-electron chi connectivity index (χ3n) is 4.19. The van der Waals surface area contributed by atoms with Crippen LogP contribution in [0.5, 0.6) is 5.95 Å². The van der Waals surface area contributed by atoms with Crippen LogP contribution in [0.1, 0.15) is 18.3 Å². The Morgan fingerprint density at radius 1 is 1.45 bits per heavy atom. The summed E-state index contributed by atoms with van der Waals surface area (Å²) in [5.74, 6) is -2.21. The number of carbonyl (C=O) groups excluding carboxylic acids is 2. The average Bonchev–Trinajstić information content (AvgIpc) is 3.37. The SMILES string of the molecule is C[C@H]1[C@H](NC(=O)C(=NOCCOc2cc(C(=N)N)no2)c2csc(N)n2)C(=O)N1S(=O)(=O)O. The number of hydrogen-bond donors (Lipinski definition) is 5. The Morgan fingerprint density at radius 3 is 2.73 bits per heavy atom. The topological polar surface area (TPSA) is 249 Å². The van der Waals surface area contributed by atoms with Gasteiger partial charge >= 0.3 is 16.3 Å². The van der Waals surface area contributed by atoms with Gasteiger partial charge in [-0.25, -0.2) is 9.29 Å². The van der Waals surface area contributed by atoms with E-state index in [1.165, 1.54) is 18.4 Å². The number of nitrogens with two attached hydrogens (primary N) is 2. The van der Waals surface area contributed by atoms with Crippen molar-refractivity contribution in [3.8, 4) is 5.95 Å². The second-order valence-electron chi connectivity index (χ2n) is 6.44. The van der Waals surface area contributed by atoms with Crippen LogP contribution in [0.4, 0.5) is 5.13 Å². The molecule has 0 radical (unpaired) electrons. The molecule has 3 rings (SSSR count). The summed E-state index contributed by atoms with van der Waals surface area (Å²) in [6.45, 7) is 1.10. The highest BCUT2D eigenvalue weighted by Gasteiger charge is 2.51. The molecule has 1 aliphatic rings. The second kappa shape index (κ2) is 9.38. The number of nitrogens with one attached hydrogen (secondary N) is 2. The summed E-state index contributed by atoms with van der Waals surface area (Å²) in [6, 6.07) is -0.935. The van der Waals surface area contributed by atoms with Crippen LogP contribution in [0.2, 0.25) is 0 Å². The molecule has 18 heteroatoms. The Kier molecular flexibility index (Phi) is 6.79. The predicted molar refractivity (Wildman–Crippen MR) is 112 cm³/mol. The molecule has 2 aromatic heterocycles. The Labute approximate surface area is 189 Å². The molecule has 16 nitrogen and oxygen atoms in total. The van der Waals surface area contributed by atoms with Crippen LogP contribution in [-0.4, -0.2) is 76.1 Å². The van der Waals surface area contributed by atoms with Gasteiger partial charge in [-0.05, 0) is 6.92 Å². The minimum absolute atomic E-state index is 0.0149. The maximum atomic E-state index is 12.7. The normalized spacial score (nSPS) is 18.5. The van der Waals surface area contributed by atoms with E-state index >= 15 is 0 Å². The molecule has 0 aliphatic carbocycles. The first-order valence-electron chi connectivity index (χ1n) is 8.95. The molecule has 0 spiro atoms. The fourth-order valence-corrected chi connectivity index (χ4v) is 4.09. The molecule has 7 N–H and O–H groups in total. The lowest BCUT2D eigenvalue weighted by molar-refractivity contribution is -0.143. The number of hydrogen-bond acceptors (Lipinski definition) is 13. The number of nitrogens with zero attached hydrogens (tertiary/aromatic N) is 4. The van der Waals surface area contributed by atoms with Gasteiger partial charge in [0.15, 0.2) is 23.1 Å². The standard InChI is InChI=1S/C15H18N8O8S2/c1-6-10(14(25)23(6)33(26,27)28)20-13(24)11(8-5-32-15(18)19-8)22-30-3-2-29-9-4-7(12(16)17)21-31-9/h4-6,10H,2-3H2,1H3,(H3,16,17)(H2,18,19)(H,20,24)(H,26,27,28)/t6-,10-/m0/s1. The van der Waals surface area contributed by atoms with Gasteiger partial charge in [-0.2, -0.15) is 8.42 Å². The van der Waals surface area contributed by atoms with Crippen molar-refractivity contribution in [3.63, 3.8) is 0 Å². The van der Waals surface area contributed by atoms with E-state index in [0.29, 0.717) is 0 Å². The molecule has 33 heavy (non-hydrogen) atoms. The molecule has 3 heterocycles. The quantitative estimate of drug-likeness (QED) is 0.0610. The highest BCUT2D eigenvalue weighted by molar-refractivity contribution is 7.84. The Balaban J connectivity index is 1.62. The molecule has 2 atom stereocenters. The molecule has 178 valence electrons.